The summed E-state index contributed by atoms with van der Waals surface area (Å²) >= 11 is 6.47. The average molecular weight is 553 g/mol. The van der Waals surface area contributed by atoms with Crippen LogP contribution in [0, 0.1) is 6.92 Å². The Kier molecular flexibility index (Phi) is 8.15. The highest BCUT2D eigenvalue weighted by Crippen LogP contribution is 2.30. The van der Waals surface area contributed by atoms with Gasteiger partial charge in [0.2, 0.25) is 11.9 Å². The Morgan fingerprint density at radius 1 is 1.26 bits per heavy atom. The zero-order chi connectivity index (χ0) is 27.5. The van der Waals surface area contributed by atoms with Crippen molar-refractivity contribution in [1.82, 2.24) is 24.8 Å². The van der Waals surface area contributed by atoms with Gasteiger partial charge in [0, 0.05) is 44.1 Å². The molecule has 0 radical (unpaired) electrons. The van der Waals surface area contributed by atoms with Gasteiger partial charge < -0.3 is 29.9 Å². The minimum absolute atomic E-state index is 0.231. The number of carbonyl (C=O) groups excluding carboxylic acids is 2. The first-order valence-electron chi connectivity index (χ1n) is 13.2. The molecule has 3 N–H and O–H groups in total. The SMILES string of the molecule is Cc1cccc([C@@H](CO)NC(=O)[C@H](C)N2CCn3cc(-c4nc(NC5CCOCC5)ncc4Cl)cc3C2=O)c1. The van der Waals surface area contributed by atoms with Gasteiger partial charge in [-0.1, -0.05) is 41.4 Å². The lowest BCUT2D eigenvalue weighted by molar-refractivity contribution is -0.126. The Morgan fingerprint density at radius 3 is 2.79 bits per heavy atom. The molecule has 206 valence electrons. The van der Waals surface area contributed by atoms with Crippen molar-refractivity contribution in [1.29, 1.82) is 0 Å². The van der Waals surface area contributed by atoms with Gasteiger partial charge in [0.1, 0.15) is 11.7 Å². The summed E-state index contributed by atoms with van der Waals surface area (Å²) < 4.78 is 7.29. The van der Waals surface area contributed by atoms with E-state index in [0.717, 1.165) is 24.0 Å². The summed E-state index contributed by atoms with van der Waals surface area (Å²) in [6.07, 6.45) is 5.18. The van der Waals surface area contributed by atoms with Crippen molar-refractivity contribution < 1.29 is 19.4 Å². The molecule has 1 aromatic carbocycles. The number of ether oxygens (including phenoxy) is 1. The maximum Gasteiger partial charge on any atom is 0.271 e. The topological polar surface area (TPSA) is 122 Å². The van der Waals surface area contributed by atoms with Crippen LogP contribution in [0.15, 0.2) is 42.7 Å². The van der Waals surface area contributed by atoms with Crippen LogP contribution in [0.5, 0.6) is 0 Å². The predicted octanol–water partition coefficient (Wildman–Crippen LogP) is 3.19. The molecule has 2 atom stereocenters. The Balaban J connectivity index is 1.30. The fourth-order valence-corrected chi connectivity index (χ4v) is 5.26. The van der Waals surface area contributed by atoms with E-state index in [1.807, 2.05) is 42.0 Å². The normalized spacial score (nSPS) is 17.4. The summed E-state index contributed by atoms with van der Waals surface area (Å²) in [5.74, 6) is -0.0976. The van der Waals surface area contributed by atoms with Crippen LogP contribution >= 0.6 is 11.6 Å². The number of aliphatic hydroxyl groups excluding tert-OH is 1. The highest BCUT2D eigenvalue weighted by molar-refractivity contribution is 6.33. The van der Waals surface area contributed by atoms with Gasteiger partial charge in [0.05, 0.1) is 29.6 Å². The minimum Gasteiger partial charge on any atom is -0.394 e. The van der Waals surface area contributed by atoms with Crippen LogP contribution < -0.4 is 10.6 Å². The molecule has 2 amide bonds. The number of aryl methyl sites for hydroxylation is 1. The standard InChI is InChI=1S/C28H33ClN6O4/c1-17-4-3-5-19(12-17)23(16-36)32-26(37)18(2)35-9-8-34-15-20(13-24(34)27(35)38)25-22(29)14-30-28(33-25)31-21-6-10-39-11-7-21/h3-5,12-15,18,21,23,36H,6-11,16H2,1-2H3,(H,32,37)(H,30,31,33)/t18-,23+/m0/s1. The van der Waals surface area contributed by atoms with Crippen LogP contribution in [0.1, 0.15) is 47.4 Å². The second kappa shape index (κ2) is 11.7. The molecule has 0 saturated carbocycles. The molecule has 1 fully saturated rings. The van der Waals surface area contributed by atoms with Gasteiger partial charge >= 0.3 is 0 Å². The Bertz CT molecular complexity index is 1360. The van der Waals surface area contributed by atoms with E-state index in [2.05, 4.69) is 20.6 Å². The summed E-state index contributed by atoms with van der Waals surface area (Å²) in [5, 5.41) is 16.5. The van der Waals surface area contributed by atoms with Gasteiger partial charge in [-0.3, -0.25) is 9.59 Å². The number of nitrogens with one attached hydrogen (secondary N) is 2. The van der Waals surface area contributed by atoms with E-state index in [0.29, 0.717) is 54.2 Å². The average Bonchev–Trinajstić information content (AvgIpc) is 3.38. The monoisotopic (exact) mass is 552 g/mol. The largest absolute Gasteiger partial charge is 0.394 e. The number of halogens is 1. The first kappa shape index (κ1) is 27.1. The summed E-state index contributed by atoms with van der Waals surface area (Å²) in [5.41, 5.74) is 3.55. The van der Waals surface area contributed by atoms with E-state index in [4.69, 9.17) is 16.3 Å². The summed E-state index contributed by atoms with van der Waals surface area (Å²) in [6, 6.07) is 8.34. The number of aromatic nitrogens is 3. The highest BCUT2D eigenvalue weighted by atomic mass is 35.5. The number of rotatable bonds is 8. The van der Waals surface area contributed by atoms with Crippen molar-refractivity contribution in [2.24, 2.45) is 0 Å². The zero-order valence-corrected chi connectivity index (χ0v) is 22.8. The lowest BCUT2D eigenvalue weighted by atomic mass is 10.0. The smallest absolute Gasteiger partial charge is 0.271 e. The number of aliphatic hydroxyl groups is 1. The van der Waals surface area contributed by atoms with Crippen LogP contribution in [0.2, 0.25) is 5.02 Å². The molecule has 2 aliphatic rings. The van der Waals surface area contributed by atoms with E-state index >= 15 is 0 Å². The maximum absolute atomic E-state index is 13.5. The van der Waals surface area contributed by atoms with Crippen molar-refractivity contribution in [2.45, 2.75) is 51.4 Å². The van der Waals surface area contributed by atoms with Crippen LogP contribution in [0.25, 0.3) is 11.3 Å². The van der Waals surface area contributed by atoms with Crippen molar-refractivity contribution >= 4 is 29.4 Å². The molecule has 39 heavy (non-hydrogen) atoms. The molecule has 1 saturated heterocycles. The number of nitrogens with zero attached hydrogens (tertiary/aromatic N) is 4. The van der Waals surface area contributed by atoms with Crippen molar-refractivity contribution in [2.75, 3.05) is 31.7 Å². The second-order valence-electron chi connectivity index (χ2n) is 10.1. The number of amides is 2. The third-order valence-corrected chi connectivity index (χ3v) is 7.60. The van der Waals surface area contributed by atoms with Gasteiger partial charge in [0.15, 0.2) is 0 Å². The van der Waals surface area contributed by atoms with Crippen LogP contribution in [0.4, 0.5) is 5.95 Å². The summed E-state index contributed by atoms with van der Waals surface area (Å²) in [6.45, 7) is 5.71. The third kappa shape index (κ3) is 5.93. The lowest BCUT2D eigenvalue weighted by Crippen LogP contribution is -2.52. The van der Waals surface area contributed by atoms with Crippen LogP contribution in [-0.4, -0.2) is 74.8 Å². The van der Waals surface area contributed by atoms with Crippen LogP contribution in [-0.2, 0) is 16.1 Å². The molecule has 0 bridgehead atoms. The van der Waals surface area contributed by atoms with Gasteiger partial charge in [-0.25, -0.2) is 9.97 Å². The quantitative estimate of drug-likeness (QED) is 0.392. The summed E-state index contributed by atoms with van der Waals surface area (Å²) in [4.78, 5) is 37.1. The van der Waals surface area contributed by atoms with Crippen molar-refractivity contribution in [3.63, 3.8) is 0 Å². The Labute approximate surface area is 232 Å². The van der Waals surface area contributed by atoms with Gasteiger partial charge in [-0.05, 0) is 38.3 Å². The van der Waals surface area contributed by atoms with E-state index in [-0.39, 0.29) is 24.5 Å². The van der Waals surface area contributed by atoms with Gasteiger partial charge in [0.25, 0.3) is 5.91 Å². The van der Waals surface area contributed by atoms with E-state index in [1.165, 1.54) is 0 Å². The van der Waals surface area contributed by atoms with Gasteiger partial charge in [-0.15, -0.1) is 0 Å². The first-order valence-corrected chi connectivity index (χ1v) is 13.6. The summed E-state index contributed by atoms with van der Waals surface area (Å²) in [7, 11) is 0. The predicted molar refractivity (Wildman–Crippen MR) is 148 cm³/mol. The Morgan fingerprint density at radius 2 is 2.05 bits per heavy atom. The molecular weight excluding hydrogens is 520 g/mol. The molecule has 10 nitrogen and oxygen atoms in total. The highest BCUT2D eigenvalue weighted by Gasteiger charge is 2.33. The first-order chi connectivity index (χ1) is 18.8. The van der Waals surface area contributed by atoms with E-state index in [9.17, 15) is 14.7 Å². The fraction of sp³-hybridized carbons (Fsp3) is 0.429. The maximum atomic E-state index is 13.5. The lowest BCUT2D eigenvalue weighted by Gasteiger charge is -2.33. The van der Waals surface area contributed by atoms with Crippen LogP contribution in [0.3, 0.4) is 0 Å². The molecule has 0 unspecified atom stereocenters. The fourth-order valence-electron chi connectivity index (χ4n) is 5.06. The molecule has 0 aliphatic carbocycles. The minimum atomic E-state index is -0.721. The third-order valence-electron chi connectivity index (χ3n) is 7.32. The zero-order valence-electron chi connectivity index (χ0n) is 22.1. The number of hydrogen-bond acceptors (Lipinski definition) is 7. The molecule has 2 aliphatic heterocycles. The van der Waals surface area contributed by atoms with E-state index < -0.39 is 12.1 Å². The number of carbonyl (C=O) groups is 2. The molecule has 2 aromatic heterocycles. The van der Waals surface area contributed by atoms with Crippen molar-refractivity contribution in [3.8, 4) is 11.3 Å². The van der Waals surface area contributed by atoms with E-state index in [1.54, 1.807) is 24.1 Å². The second-order valence-corrected chi connectivity index (χ2v) is 10.5. The number of fused-ring (bicyclic) bond motifs is 1. The molecule has 5 rings (SSSR count). The number of anilines is 1. The molecule has 11 heteroatoms. The number of hydrogen-bond donors (Lipinski definition) is 3. The molecular formula is C28H33ClN6O4. The Hall–Kier alpha value is -3.47. The number of benzene rings is 1. The molecule has 3 aromatic rings. The molecule has 4 heterocycles. The van der Waals surface area contributed by atoms with Crippen molar-refractivity contribution in [3.05, 3.63) is 64.6 Å². The van der Waals surface area contributed by atoms with Gasteiger partial charge in [-0.2, -0.15) is 0 Å². The molecule has 0 spiro atoms.